The van der Waals surface area contributed by atoms with Crippen molar-refractivity contribution in [1.82, 2.24) is 10.2 Å². The lowest BCUT2D eigenvalue weighted by atomic mass is 9.93. The average Bonchev–Trinajstić information content (AvgIpc) is 2.82. The van der Waals surface area contributed by atoms with Crippen molar-refractivity contribution in [2.45, 2.75) is 47.0 Å². The van der Waals surface area contributed by atoms with Crippen LogP contribution in [0.25, 0.3) is 0 Å². The molecular formula is C17H30N2O2S. The summed E-state index contributed by atoms with van der Waals surface area (Å²) in [5.74, 6) is -0.0154. The summed E-state index contributed by atoms with van der Waals surface area (Å²) >= 11 is 1.68. The van der Waals surface area contributed by atoms with Crippen LogP contribution in [0.5, 0.6) is 0 Å². The largest absolute Gasteiger partial charge is 0.358 e. The van der Waals surface area contributed by atoms with E-state index in [-0.39, 0.29) is 30.2 Å². The molecule has 5 heteroatoms. The monoisotopic (exact) mass is 326 g/mol. The molecule has 1 aromatic heterocycles. The van der Waals surface area contributed by atoms with Crippen molar-refractivity contribution in [2.75, 3.05) is 27.2 Å². The number of likely N-dealkylation sites (N-methyl/N-ethyl adjacent to an activating group) is 2. The summed E-state index contributed by atoms with van der Waals surface area (Å²) in [4.78, 5) is 27.6. The van der Waals surface area contributed by atoms with Crippen molar-refractivity contribution in [3.8, 4) is 0 Å². The van der Waals surface area contributed by atoms with Crippen molar-refractivity contribution in [3.63, 3.8) is 0 Å². The molecular weight excluding hydrogens is 296 g/mol. The van der Waals surface area contributed by atoms with Crippen molar-refractivity contribution in [2.24, 2.45) is 0 Å². The lowest BCUT2D eigenvalue weighted by Gasteiger charge is -2.15. The third kappa shape index (κ3) is 6.28. The SMILES string of the molecule is CC.CNC(=O)CN(C)CC(=O)c1cc(C(C)(C)C)sc1C. The standard InChI is InChI=1S/C15H24N2O2S.C2H6/c1-10-11(7-13(20-10)15(2,3)4)12(18)8-17(6)9-14(19)16-5;1-2/h7H,8-9H2,1-6H3,(H,16,19);1-2H3. The summed E-state index contributed by atoms with van der Waals surface area (Å²) < 4.78 is 0. The predicted molar refractivity (Wildman–Crippen MR) is 95.0 cm³/mol. The van der Waals surface area contributed by atoms with Gasteiger partial charge in [0.15, 0.2) is 5.78 Å². The third-order valence-corrected chi connectivity index (χ3v) is 4.54. The van der Waals surface area contributed by atoms with Crippen LogP contribution in [-0.4, -0.2) is 43.8 Å². The van der Waals surface area contributed by atoms with E-state index in [2.05, 4.69) is 26.1 Å². The van der Waals surface area contributed by atoms with Gasteiger partial charge in [0.25, 0.3) is 0 Å². The Kier molecular flexibility index (Phi) is 8.56. The minimum absolute atomic E-state index is 0.0575. The zero-order chi connectivity index (χ0) is 17.5. The average molecular weight is 327 g/mol. The lowest BCUT2D eigenvalue weighted by molar-refractivity contribution is -0.121. The Morgan fingerprint density at radius 1 is 1.23 bits per heavy atom. The van der Waals surface area contributed by atoms with Gasteiger partial charge in [-0.2, -0.15) is 0 Å². The Labute approximate surface area is 138 Å². The molecule has 1 amide bonds. The van der Waals surface area contributed by atoms with Crippen LogP contribution in [0.3, 0.4) is 0 Å². The van der Waals surface area contributed by atoms with Crippen LogP contribution in [0.4, 0.5) is 0 Å². The molecule has 0 saturated heterocycles. The van der Waals surface area contributed by atoms with Gasteiger partial charge in [0.05, 0.1) is 13.1 Å². The molecule has 1 heterocycles. The Hall–Kier alpha value is -1.20. The van der Waals surface area contributed by atoms with E-state index in [1.807, 2.05) is 26.8 Å². The van der Waals surface area contributed by atoms with E-state index >= 15 is 0 Å². The Morgan fingerprint density at radius 2 is 1.77 bits per heavy atom. The summed E-state index contributed by atoms with van der Waals surface area (Å²) in [5, 5.41) is 2.55. The molecule has 0 fully saturated rings. The maximum absolute atomic E-state index is 12.3. The second-order valence-electron chi connectivity index (χ2n) is 6.10. The van der Waals surface area contributed by atoms with Crippen LogP contribution in [-0.2, 0) is 10.2 Å². The van der Waals surface area contributed by atoms with Gasteiger partial charge in [-0.15, -0.1) is 11.3 Å². The fourth-order valence-electron chi connectivity index (χ4n) is 1.84. The molecule has 1 N–H and O–H groups in total. The molecule has 22 heavy (non-hydrogen) atoms. The van der Waals surface area contributed by atoms with Gasteiger partial charge in [0, 0.05) is 22.4 Å². The van der Waals surface area contributed by atoms with Crippen molar-refractivity contribution in [1.29, 1.82) is 0 Å². The van der Waals surface area contributed by atoms with Crippen LogP contribution < -0.4 is 5.32 Å². The second kappa shape index (κ2) is 9.06. The molecule has 1 aromatic rings. The highest BCUT2D eigenvalue weighted by Crippen LogP contribution is 2.32. The van der Waals surface area contributed by atoms with Gasteiger partial charge in [0.2, 0.25) is 5.91 Å². The quantitative estimate of drug-likeness (QED) is 0.845. The minimum atomic E-state index is -0.0854. The molecule has 0 unspecified atom stereocenters. The molecule has 0 atom stereocenters. The van der Waals surface area contributed by atoms with E-state index < -0.39 is 0 Å². The molecule has 0 aliphatic carbocycles. The third-order valence-electron chi connectivity index (χ3n) is 3.06. The number of aryl methyl sites for hydroxylation is 1. The van der Waals surface area contributed by atoms with Gasteiger partial charge >= 0.3 is 0 Å². The summed E-state index contributed by atoms with van der Waals surface area (Å²) in [5.41, 5.74) is 0.839. The Morgan fingerprint density at radius 3 is 2.18 bits per heavy atom. The van der Waals surface area contributed by atoms with E-state index in [1.165, 1.54) is 4.88 Å². The Balaban J connectivity index is 0.00000211. The molecule has 0 radical (unpaired) electrons. The maximum atomic E-state index is 12.3. The molecule has 126 valence electrons. The number of hydrogen-bond acceptors (Lipinski definition) is 4. The normalized spacial score (nSPS) is 11.0. The highest BCUT2D eigenvalue weighted by Gasteiger charge is 2.21. The fraction of sp³-hybridized carbons (Fsp3) is 0.647. The lowest BCUT2D eigenvalue weighted by Crippen LogP contribution is -2.36. The van der Waals surface area contributed by atoms with Crippen LogP contribution in [0.1, 0.15) is 54.7 Å². The van der Waals surface area contributed by atoms with Crippen LogP contribution >= 0.6 is 11.3 Å². The first kappa shape index (κ1) is 20.8. The van der Waals surface area contributed by atoms with E-state index in [1.54, 1.807) is 30.3 Å². The first-order valence-corrected chi connectivity index (χ1v) is 8.50. The van der Waals surface area contributed by atoms with Gasteiger partial charge in [0.1, 0.15) is 0 Å². The number of Topliss-reactive ketones (excluding diaryl/α,β-unsaturated/α-hetero) is 1. The van der Waals surface area contributed by atoms with Gasteiger partial charge < -0.3 is 5.32 Å². The smallest absolute Gasteiger partial charge is 0.233 e. The predicted octanol–water partition coefficient (Wildman–Crippen LogP) is 3.24. The van der Waals surface area contributed by atoms with Gasteiger partial charge in [-0.25, -0.2) is 0 Å². The number of nitrogens with one attached hydrogen (secondary N) is 1. The molecule has 0 aromatic carbocycles. The maximum Gasteiger partial charge on any atom is 0.233 e. The van der Waals surface area contributed by atoms with E-state index in [0.717, 1.165) is 10.4 Å². The molecule has 0 saturated carbocycles. The minimum Gasteiger partial charge on any atom is -0.358 e. The number of ketones is 1. The summed E-state index contributed by atoms with van der Waals surface area (Å²) in [6.45, 7) is 12.9. The number of carbonyl (C=O) groups is 2. The van der Waals surface area contributed by atoms with Crippen LogP contribution in [0, 0.1) is 6.92 Å². The van der Waals surface area contributed by atoms with Crippen LogP contribution in [0.2, 0.25) is 0 Å². The highest BCUT2D eigenvalue weighted by atomic mass is 32.1. The number of thiophene rings is 1. The zero-order valence-corrected chi connectivity index (χ0v) is 16.0. The number of rotatable bonds is 5. The number of amides is 1. The topological polar surface area (TPSA) is 49.4 Å². The van der Waals surface area contributed by atoms with Gasteiger partial charge in [-0.1, -0.05) is 34.6 Å². The van der Waals surface area contributed by atoms with Crippen molar-refractivity contribution in [3.05, 3.63) is 21.4 Å². The van der Waals surface area contributed by atoms with Gasteiger partial charge in [-0.05, 0) is 25.5 Å². The fourth-order valence-corrected chi connectivity index (χ4v) is 2.93. The Bertz CT molecular complexity index is 501. The molecule has 4 nitrogen and oxygen atoms in total. The number of carbonyl (C=O) groups excluding carboxylic acids is 2. The van der Waals surface area contributed by atoms with E-state index in [0.29, 0.717) is 0 Å². The van der Waals surface area contributed by atoms with Crippen molar-refractivity contribution >= 4 is 23.0 Å². The molecule has 1 rings (SSSR count). The molecule has 0 aliphatic rings. The van der Waals surface area contributed by atoms with E-state index in [4.69, 9.17) is 0 Å². The summed E-state index contributed by atoms with van der Waals surface area (Å²) in [6.07, 6.45) is 0. The summed E-state index contributed by atoms with van der Waals surface area (Å²) in [7, 11) is 3.37. The van der Waals surface area contributed by atoms with Crippen LogP contribution in [0.15, 0.2) is 6.07 Å². The molecule has 0 aliphatic heterocycles. The zero-order valence-electron chi connectivity index (χ0n) is 15.2. The van der Waals surface area contributed by atoms with E-state index in [9.17, 15) is 9.59 Å². The molecule has 0 bridgehead atoms. The van der Waals surface area contributed by atoms with Crippen molar-refractivity contribution < 1.29 is 9.59 Å². The second-order valence-corrected chi connectivity index (χ2v) is 7.36. The molecule has 0 spiro atoms. The first-order valence-electron chi connectivity index (χ1n) is 7.68. The first-order chi connectivity index (χ1) is 10.1. The number of hydrogen-bond donors (Lipinski definition) is 1. The summed E-state index contributed by atoms with van der Waals surface area (Å²) in [6, 6.07) is 2.00. The van der Waals surface area contributed by atoms with Gasteiger partial charge in [-0.3, -0.25) is 14.5 Å². The highest BCUT2D eigenvalue weighted by molar-refractivity contribution is 7.12. The number of nitrogens with zero attached hydrogens (tertiary/aromatic N) is 1.